The van der Waals surface area contributed by atoms with Crippen LogP contribution in [-0.4, -0.2) is 18.7 Å². The highest BCUT2D eigenvalue weighted by molar-refractivity contribution is 6.11. The lowest BCUT2D eigenvalue weighted by atomic mass is 9.74. The zero-order valence-electron chi connectivity index (χ0n) is 16.0. The number of hydrogen-bond acceptors (Lipinski definition) is 4. The standard InChI is InChI=1S/C24H19FO4/c1-14(26)22(24(27)15-6-5-7-17(12-15)28-2)23-18-8-3-4-9-20(18)29-21-11-10-16(25)13-19(21)23/h3-13,22-23H,1-2H3/t22-,23-/m1/s1. The predicted molar refractivity (Wildman–Crippen MR) is 106 cm³/mol. The maximum Gasteiger partial charge on any atom is 0.174 e. The summed E-state index contributed by atoms with van der Waals surface area (Å²) in [5.41, 5.74) is 1.54. The Kier molecular flexibility index (Phi) is 4.89. The Morgan fingerprint density at radius 2 is 1.72 bits per heavy atom. The first-order chi connectivity index (χ1) is 14.0. The van der Waals surface area contributed by atoms with Crippen molar-refractivity contribution in [2.45, 2.75) is 12.8 Å². The molecular weight excluding hydrogens is 371 g/mol. The SMILES string of the molecule is COc1cccc(C(=O)[C@H](C(C)=O)[C@@H]2c3ccccc3Oc3ccc(F)cc32)c1. The van der Waals surface area contributed by atoms with Gasteiger partial charge in [-0.05, 0) is 43.3 Å². The zero-order valence-corrected chi connectivity index (χ0v) is 16.0. The number of ether oxygens (including phenoxy) is 2. The summed E-state index contributed by atoms with van der Waals surface area (Å²) in [7, 11) is 1.51. The van der Waals surface area contributed by atoms with Crippen molar-refractivity contribution >= 4 is 11.6 Å². The first kappa shape index (κ1) is 18.9. The van der Waals surface area contributed by atoms with Crippen LogP contribution in [-0.2, 0) is 4.79 Å². The fourth-order valence-corrected chi connectivity index (χ4v) is 3.86. The number of Topliss-reactive ketones (excluding diaryl/α,β-unsaturated/α-hetero) is 2. The quantitative estimate of drug-likeness (QED) is 0.446. The molecule has 5 heteroatoms. The van der Waals surface area contributed by atoms with Gasteiger partial charge in [0.2, 0.25) is 0 Å². The minimum atomic E-state index is -1.02. The first-order valence-electron chi connectivity index (χ1n) is 9.24. The summed E-state index contributed by atoms with van der Waals surface area (Å²) >= 11 is 0. The Balaban J connectivity index is 1.89. The summed E-state index contributed by atoms with van der Waals surface area (Å²) in [5, 5.41) is 0. The van der Waals surface area contributed by atoms with Crippen molar-refractivity contribution in [3.8, 4) is 17.2 Å². The van der Waals surface area contributed by atoms with Crippen LogP contribution < -0.4 is 9.47 Å². The maximum absolute atomic E-state index is 14.1. The molecule has 1 aliphatic rings. The van der Waals surface area contributed by atoms with E-state index in [9.17, 15) is 14.0 Å². The van der Waals surface area contributed by atoms with Crippen LogP contribution in [0.5, 0.6) is 17.2 Å². The van der Waals surface area contributed by atoms with Gasteiger partial charge < -0.3 is 9.47 Å². The largest absolute Gasteiger partial charge is 0.497 e. The van der Waals surface area contributed by atoms with E-state index >= 15 is 0 Å². The monoisotopic (exact) mass is 390 g/mol. The van der Waals surface area contributed by atoms with Crippen LogP contribution in [0, 0.1) is 11.7 Å². The first-order valence-corrected chi connectivity index (χ1v) is 9.24. The van der Waals surface area contributed by atoms with Gasteiger partial charge in [0.25, 0.3) is 0 Å². The van der Waals surface area contributed by atoms with Crippen LogP contribution in [0.15, 0.2) is 66.7 Å². The van der Waals surface area contributed by atoms with E-state index in [0.717, 1.165) is 0 Å². The molecule has 0 fully saturated rings. The third kappa shape index (κ3) is 3.40. The second-order valence-electron chi connectivity index (χ2n) is 6.98. The number of fused-ring (bicyclic) bond motifs is 2. The highest BCUT2D eigenvalue weighted by Crippen LogP contribution is 2.48. The third-order valence-corrected chi connectivity index (χ3v) is 5.19. The van der Waals surface area contributed by atoms with Gasteiger partial charge >= 0.3 is 0 Å². The van der Waals surface area contributed by atoms with Crippen molar-refractivity contribution in [2.24, 2.45) is 5.92 Å². The topological polar surface area (TPSA) is 52.6 Å². The van der Waals surface area contributed by atoms with Crippen LogP contribution in [0.4, 0.5) is 4.39 Å². The number of hydrogen-bond donors (Lipinski definition) is 0. The normalized spacial score (nSPS) is 15.5. The molecule has 4 nitrogen and oxygen atoms in total. The Labute approximate surface area is 167 Å². The van der Waals surface area contributed by atoms with Gasteiger partial charge in [0, 0.05) is 22.6 Å². The molecule has 146 valence electrons. The van der Waals surface area contributed by atoms with E-state index in [-0.39, 0.29) is 11.6 Å². The van der Waals surface area contributed by atoms with Gasteiger partial charge in [0.1, 0.15) is 28.8 Å². The number of benzene rings is 3. The van der Waals surface area contributed by atoms with Gasteiger partial charge in [-0.15, -0.1) is 0 Å². The van der Waals surface area contributed by atoms with Crippen LogP contribution in [0.2, 0.25) is 0 Å². The molecule has 1 aliphatic heterocycles. The molecule has 0 saturated carbocycles. The lowest BCUT2D eigenvalue weighted by molar-refractivity contribution is -0.119. The number of para-hydroxylation sites is 1. The molecule has 0 bridgehead atoms. The highest BCUT2D eigenvalue weighted by Gasteiger charge is 2.40. The molecule has 0 aliphatic carbocycles. The summed E-state index contributed by atoms with van der Waals surface area (Å²) in [6.45, 7) is 1.39. The summed E-state index contributed by atoms with van der Waals surface area (Å²) in [5.74, 6) is -1.23. The number of carbonyl (C=O) groups excluding carboxylic acids is 2. The Bertz CT molecular complexity index is 1110. The Morgan fingerprint density at radius 1 is 0.966 bits per heavy atom. The number of halogens is 1. The zero-order chi connectivity index (χ0) is 20.5. The third-order valence-electron chi connectivity index (χ3n) is 5.19. The molecule has 0 radical (unpaired) electrons. The van der Waals surface area contributed by atoms with Crippen molar-refractivity contribution in [2.75, 3.05) is 7.11 Å². The van der Waals surface area contributed by atoms with Crippen molar-refractivity contribution in [1.29, 1.82) is 0 Å². The molecular formula is C24H19FO4. The number of carbonyl (C=O) groups is 2. The molecule has 4 rings (SSSR count). The van der Waals surface area contributed by atoms with Crippen LogP contribution in [0.3, 0.4) is 0 Å². The minimum absolute atomic E-state index is 0.297. The molecule has 3 aromatic carbocycles. The molecule has 1 heterocycles. The smallest absolute Gasteiger partial charge is 0.174 e. The van der Waals surface area contributed by atoms with E-state index < -0.39 is 17.7 Å². The second kappa shape index (κ2) is 7.51. The minimum Gasteiger partial charge on any atom is -0.497 e. The molecule has 0 amide bonds. The fraction of sp³-hybridized carbons (Fsp3) is 0.167. The van der Waals surface area contributed by atoms with Gasteiger partial charge in [-0.25, -0.2) is 4.39 Å². The predicted octanol–water partition coefficient (Wildman–Crippen LogP) is 5.16. The summed E-state index contributed by atoms with van der Waals surface area (Å²) in [4.78, 5) is 26.2. The van der Waals surface area contributed by atoms with Gasteiger partial charge in [-0.1, -0.05) is 30.3 Å². The average Bonchev–Trinajstić information content (AvgIpc) is 2.73. The van der Waals surface area contributed by atoms with Gasteiger partial charge in [0.15, 0.2) is 5.78 Å². The van der Waals surface area contributed by atoms with Crippen LogP contribution in [0.1, 0.15) is 34.3 Å². The highest BCUT2D eigenvalue weighted by atomic mass is 19.1. The number of ketones is 2. The fourth-order valence-electron chi connectivity index (χ4n) is 3.86. The van der Waals surface area contributed by atoms with E-state index in [1.807, 2.05) is 18.2 Å². The van der Waals surface area contributed by atoms with Gasteiger partial charge in [-0.2, -0.15) is 0 Å². The Hall–Kier alpha value is -3.47. The van der Waals surface area contributed by atoms with E-state index in [4.69, 9.17) is 9.47 Å². The average molecular weight is 390 g/mol. The molecule has 0 unspecified atom stereocenters. The van der Waals surface area contributed by atoms with Gasteiger partial charge in [-0.3, -0.25) is 9.59 Å². The molecule has 0 saturated heterocycles. The molecule has 29 heavy (non-hydrogen) atoms. The molecule has 0 spiro atoms. The van der Waals surface area contributed by atoms with E-state index in [1.165, 1.54) is 32.2 Å². The second-order valence-corrected chi connectivity index (χ2v) is 6.98. The lowest BCUT2D eigenvalue weighted by Gasteiger charge is -2.32. The lowest BCUT2D eigenvalue weighted by Crippen LogP contribution is -2.31. The maximum atomic E-state index is 14.1. The van der Waals surface area contributed by atoms with Crippen LogP contribution >= 0.6 is 0 Å². The van der Waals surface area contributed by atoms with Crippen molar-refractivity contribution in [3.05, 3.63) is 89.2 Å². The van der Waals surface area contributed by atoms with Crippen LogP contribution in [0.25, 0.3) is 0 Å². The number of rotatable bonds is 5. The van der Waals surface area contributed by atoms with E-state index in [0.29, 0.717) is 33.9 Å². The summed E-state index contributed by atoms with van der Waals surface area (Å²) in [6.07, 6.45) is 0. The van der Waals surface area contributed by atoms with E-state index in [2.05, 4.69) is 0 Å². The van der Waals surface area contributed by atoms with Crippen molar-refractivity contribution in [3.63, 3.8) is 0 Å². The molecule has 3 aromatic rings. The summed E-state index contributed by atoms with van der Waals surface area (Å²) < 4.78 is 25.2. The summed E-state index contributed by atoms with van der Waals surface area (Å²) in [6, 6.07) is 18.1. The van der Waals surface area contributed by atoms with Crippen molar-refractivity contribution in [1.82, 2.24) is 0 Å². The van der Waals surface area contributed by atoms with Gasteiger partial charge in [0.05, 0.1) is 13.0 Å². The van der Waals surface area contributed by atoms with E-state index in [1.54, 1.807) is 30.3 Å². The number of methoxy groups -OCH3 is 1. The van der Waals surface area contributed by atoms with Crippen molar-refractivity contribution < 1.29 is 23.5 Å². The molecule has 0 aromatic heterocycles. The molecule has 2 atom stereocenters. The molecule has 0 N–H and O–H groups in total. The Morgan fingerprint density at radius 3 is 2.48 bits per heavy atom.